The third-order valence-electron chi connectivity index (χ3n) is 8.47. The highest BCUT2D eigenvalue weighted by Gasteiger charge is 2.51. The Bertz CT molecular complexity index is 1090. The van der Waals surface area contributed by atoms with Crippen LogP contribution in [0.2, 0.25) is 0 Å². The molecule has 0 radical (unpaired) electrons. The standard InChI is InChI=1S/C30H33N/c1-16-10-19-25-20(11-16)29(6,7)22-13-18(3)15-24-27(22)31(25)26-21(28(19,4)5)12-17(2)14-23(26)30(24,8)9/h10-15H,1-9H3. The summed E-state index contributed by atoms with van der Waals surface area (Å²) in [5.41, 5.74) is 17.1. The van der Waals surface area contributed by atoms with E-state index in [0.29, 0.717) is 0 Å². The van der Waals surface area contributed by atoms with E-state index < -0.39 is 0 Å². The normalized spacial score (nSPS) is 19.8. The Hall–Kier alpha value is -2.54. The molecule has 0 amide bonds. The van der Waals surface area contributed by atoms with Crippen LogP contribution in [0.5, 0.6) is 0 Å². The molecule has 0 aromatic heterocycles. The van der Waals surface area contributed by atoms with E-state index in [1.807, 2.05) is 0 Å². The summed E-state index contributed by atoms with van der Waals surface area (Å²) >= 11 is 0. The molecule has 3 aliphatic rings. The van der Waals surface area contributed by atoms with Gasteiger partial charge in [0.15, 0.2) is 0 Å². The molecular formula is C30H33N. The van der Waals surface area contributed by atoms with Gasteiger partial charge in [-0.2, -0.15) is 0 Å². The van der Waals surface area contributed by atoms with Crippen LogP contribution in [0.15, 0.2) is 36.4 Å². The molecule has 6 rings (SSSR count). The van der Waals surface area contributed by atoms with Crippen molar-refractivity contribution in [2.75, 3.05) is 4.90 Å². The molecule has 0 bridgehead atoms. The Morgan fingerprint density at radius 3 is 0.806 bits per heavy atom. The van der Waals surface area contributed by atoms with Crippen LogP contribution >= 0.6 is 0 Å². The second-order valence-electron chi connectivity index (χ2n) is 11.8. The van der Waals surface area contributed by atoms with Crippen molar-refractivity contribution in [1.82, 2.24) is 0 Å². The fraction of sp³-hybridized carbons (Fsp3) is 0.400. The number of hydrogen-bond acceptors (Lipinski definition) is 1. The van der Waals surface area contributed by atoms with Crippen LogP contribution in [0.25, 0.3) is 0 Å². The van der Waals surface area contributed by atoms with Crippen LogP contribution in [0, 0.1) is 20.8 Å². The monoisotopic (exact) mass is 407 g/mol. The van der Waals surface area contributed by atoms with Crippen molar-refractivity contribution in [1.29, 1.82) is 0 Å². The van der Waals surface area contributed by atoms with Gasteiger partial charge in [-0.1, -0.05) is 94.6 Å². The summed E-state index contributed by atoms with van der Waals surface area (Å²) in [5, 5.41) is 0. The lowest BCUT2D eigenvalue weighted by Gasteiger charge is -2.55. The van der Waals surface area contributed by atoms with Crippen LogP contribution in [0.3, 0.4) is 0 Å². The first kappa shape index (κ1) is 19.2. The molecule has 0 N–H and O–H groups in total. The van der Waals surface area contributed by atoms with E-state index in [0.717, 1.165) is 0 Å². The molecule has 0 fully saturated rings. The average Bonchev–Trinajstić information content (AvgIpc) is 2.66. The highest BCUT2D eigenvalue weighted by atomic mass is 15.2. The van der Waals surface area contributed by atoms with Gasteiger partial charge in [0.25, 0.3) is 0 Å². The first-order valence-electron chi connectivity index (χ1n) is 11.6. The summed E-state index contributed by atoms with van der Waals surface area (Å²) < 4.78 is 0. The van der Waals surface area contributed by atoms with Crippen molar-refractivity contribution in [3.05, 3.63) is 86.5 Å². The summed E-state index contributed by atoms with van der Waals surface area (Å²) in [7, 11) is 0. The summed E-state index contributed by atoms with van der Waals surface area (Å²) in [6.07, 6.45) is 0. The lowest BCUT2D eigenvalue weighted by molar-refractivity contribution is 0.564. The summed E-state index contributed by atoms with van der Waals surface area (Å²) in [5.74, 6) is 0. The zero-order valence-electron chi connectivity index (χ0n) is 20.4. The molecule has 0 saturated carbocycles. The minimum Gasteiger partial charge on any atom is -0.309 e. The molecule has 0 saturated heterocycles. The Morgan fingerprint density at radius 1 is 0.419 bits per heavy atom. The number of nitrogens with zero attached hydrogens (tertiary/aromatic N) is 1. The lowest BCUT2D eigenvalue weighted by atomic mass is 9.60. The largest absolute Gasteiger partial charge is 0.309 e. The van der Waals surface area contributed by atoms with E-state index in [2.05, 4.69) is 104 Å². The summed E-state index contributed by atoms with van der Waals surface area (Å²) in [6, 6.07) is 14.7. The Balaban J connectivity index is 1.91. The van der Waals surface area contributed by atoms with Gasteiger partial charge < -0.3 is 4.90 Å². The van der Waals surface area contributed by atoms with Crippen LogP contribution in [-0.2, 0) is 16.2 Å². The number of rotatable bonds is 0. The molecule has 3 aromatic rings. The van der Waals surface area contributed by atoms with Crippen LogP contribution in [0.4, 0.5) is 17.1 Å². The van der Waals surface area contributed by atoms with Crippen LogP contribution in [-0.4, -0.2) is 0 Å². The van der Waals surface area contributed by atoms with Crippen molar-refractivity contribution in [2.24, 2.45) is 0 Å². The predicted molar refractivity (Wildman–Crippen MR) is 132 cm³/mol. The number of anilines is 3. The van der Waals surface area contributed by atoms with E-state index in [9.17, 15) is 0 Å². The van der Waals surface area contributed by atoms with Gasteiger partial charge in [-0.25, -0.2) is 0 Å². The van der Waals surface area contributed by atoms with E-state index in [1.54, 1.807) is 0 Å². The minimum absolute atomic E-state index is 0.0332. The fourth-order valence-corrected chi connectivity index (χ4v) is 6.69. The second-order valence-corrected chi connectivity index (χ2v) is 11.8. The van der Waals surface area contributed by atoms with Gasteiger partial charge in [0.05, 0.1) is 17.1 Å². The van der Waals surface area contributed by atoms with E-state index in [1.165, 1.54) is 67.1 Å². The van der Waals surface area contributed by atoms with Crippen LogP contribution in [0.1, 0.15) is 91.6 Å². The van der Waals surface area contributed by atoms with E-state index in [-0.39, 0.29) is 16.2 Å². The van der Waals surface area contributed by atoms with Crippen molar-refractivity contribution in [3.63, 3.8) is 0 Å². The van der Waals surface area contributed by atoms with Gasteiger partial charge in [-0.3, -0.25) is 0 Å². The topological polar surface area (TPSA) is 3.24 Å². The van der Waals surface area contributed by atoms with Crippen molar-refractivity contribution in [2.45, 2.75) is 78.6 Å². The maximum absolute atomic E-state index is 2.65. The SMILES string of the molecule is Cc1cc2c3c(c1)C(C)(C)c1cc(C)cc4c1N3c1c(cc(C)cc1C4(C)C)C2(C)C. The number of benzene rings is 3. The molecule has 1 nitrogen and oxygen atoms in total. The summed E-state index contributed by atoms with van der Waals surface area (Å²) in [4.78, 5) is 2.65. The van der Waals surface area contributed by atoms with E-state index >= 15 is 0 Å². The third kappa shape index (κ3) is 2.04. The lowest BCUT2D eigenvalue weighted by Crippen LogP contribution is -2.43. The molecule has 0 aliphatic carbocycles. The molecule has 0 atom stereocenters. The number of aryl methyl sites for hydroxylation is 3. The van der Waals surface area contributed by atoms with Gasteiger partial charge in [-0.05, 0) is 54.2 Å². The van der Waals surface area contributed by atoms with Crippen LogP contribution < -0.4 is 4.90 Å². The summed E-state index contributed by atoms with van der Waals surface area (Å²) in [6.45, 7) is 21.3. The maximum Gasteiger partial charge on any atom is 0.0544 e. The molecule has 3 heterocycles. The minimum atomic E-state index is -0.0332. The highest BCUT2D eigenvalue weighted by molar-refractivity contribution is 5.98. The fourth-order valence-electron chi connectivity index (χ4n) is 6.69. The average molecular weight is 408 g/mol. The Kier molecular flexibility index (Phi) is 3.25. The predicted octanol–water partition coefficient (Wildman–Crippen LogP) is 8.00. The maximum atomic E-state index is 2.65. The molecule has 158 valence electrons. The zero-order valence-corrected chi connectivity index (χ0v) is 20.4. The molecule has 1 heteroatoms. The molecule has 3 aliphatic heterocycles. The van der Waals surface area contributed by atoms with Gasteiger partial charge in [0, 0.05) is 16.2 Å². The molecular weight excluding hydrogens is 374 g/mol. The smallest absolute Gasteiger partial charge is 0.0544 e. The Labute approximate surface area is 187 Å². The quantitative estimate of drug-likeness (QED) is 0.365. The van der Waals surface area contributed by atoms with Gasteiger partial charge in [-0.15, -0.1) is 0 Å². The number of hydrogen-bond donors (Lipinski definition) is 0. The molecule has 3 aromatic carbocycles. The van der Waals surface area contributed by atoms with Gasteiger partial charge >= 0.3 is 0 Å². The highest BCUT2D eigenvalue weighted by Crippen LogP contribution is 2.66. The second kappa shape index (κ2) is 5.26. The van der Waals surface area contributed by atoms with Gasteiger partial charge in [0.2, 0.25) is 0 Å². The first-order valence-corrected chi connectivity index (χ1v) is 11.6. The third-order valence-corrected chi connectivity index (χ3v) is 8.47. The van der Waals surface area contributed by atoms with Crippen molar-refractivity contribution in [3.8, 4) is 0 Å². The molecule has 31 heavy (non-hydrogen) atoms. The Morgan fingerprint density at radius 2 is 0.613 bits per heavy atom. The van der Waals surface area contributed by atoms with Crippen molar-refractivity contribution >= 4 is 17.1 Å². The zero-order chi connectivity index (χ0) is 22.2. The van der Waals surface area contributed by atoms with Crippen molar-refractivity contribution < 1.29 is 0 Å². The van der Waals surface area contributed by atoms with E-state index in [4.69, 9.17) is 0 Å². The molecule has 0 spiro atoms. The van der Waals surface area contributed by atoms with Gasteiger partial charge in [0.1, 0.15) is 0 Å². The first-order chi connectivity index (χ1) is 14.4. The molecule has 0 unspecified atom stereocenters.